The fourth-order valence-electron chi connectivity index (χ4n) is 2.07. The molecule has 0 radical (unpaired) electrons. The Labute approximate surface area is 150 Å². The Balaban J connectivity index is 2.21. The van der Waals surface area contributed by atoms with E-state index in [1.165, 1.54) is 13.2 Å². The molecule has 0 heterocycles. The minimum Gasteiger partial charge on any atom is -0.465 e. The van der Waals surface area contributed by atoms with Gasteiger partial charge in [-0.15, -0.1) is 0 Å². The lowest BCUT2D eigenvalue weighted by Crippen LogP contribution is -2.13. The summed E-state index contributed by atoms with van der Waals surface area (Å²) in [6.45, 7) is 1.78. The van der Waals surface area contributed by atoms with Crippen molar-refractivity contribution >= 4 is 46.3 Å². The molecular formula is C18H15Cl2NO3. The Bertz CT molecular complexity index is 816. The number of carbonyl (C=O) groups excluding carboxylic acids is 2. The van der Waals surface area contributed by atoms with E-state index in [0.717, 1.165) is 5.56 Å². The summed E-state index contributed by atoms with van der Waals surface area (Å²) in [6.07, 6.45) is 1.42. The molecule has 124 valence electrons. The molecule has 0 spiro atoms. The number of carbonyl (C=O) groups is 2. The van der Waals surface area contributed by atoms with Gasteiger partial charge >= 0.3 is 5.97 Å². The summed E-state index contributed by atoms with van der Waals surface area (Å²) in [5, 5.41) is 3.54. The number of hydrogen-bond donors (Lipinski definition) is 1. The number of ether oxygens (including phenoxy) is 1. The molecule has 0 unspecified atom stereocenters. The van der Waals surface area contributed by atoms with Gasteiger partial charge in [0.2, 0.25) is 5.91 Å². The van der Waals surface area contributed by atoms with Gasteiger partial charge in [-0.1, -0.05) is 41.4 Å². The molecule has 0 aliphatic heterocycles. The Kier molecular flexibility index (Phi) is 6.01. The molecule has 0 aliphatic carbocycles. The summed E-state index contributed by atoms with van der Waals surface area (Å²) in [7, 11) is 1.29. The van der Waals surface area contributed by atoms with Crippen molar-refractivity contribution in [2.75, 3.05) is 12.4 Å². The summed E-state index contributed by atoms with van der Waals surface area (Å²) in [4.78, 5) is 23.9. The van der Waals surface area contributed by atoms with Crippen LogP contribution in [-0.2, 0) is 9.53 Å². The summed E-state index contributed by atoms with van der Waals surface area (Å²) < 4.78 is 4.70. The summed E-state index contributed by atoms with van der Waals surface area (Å²) in [6, 6.07) is 11.8. The number of benzene rings is 2. The molecule has 1 N–H and O–H groups in total. The van der Waals surface area contributed by atoms with Gasteiger partial charge in [0.25, 0.3) is 0 Å². The second-order valence-electron chi connectivity index (χ2n) is 4.98. The molecule has 0 atom stereocenters. The van der Waals surface area contributed by atoms with Gasteiger partial charge in [0, 0.05) is 6.08 Å². The van der Waals surface area contributed by atoms with E-state index in [1.807, 2.05) is 0 Å². The Morgan fingerprint density at radius 2 is 1.79 bits per heavy atom. The van der Waals surface area contributed by atoms with Crippen LogP contribution >= 0.6 is 23.2 Å². The smallest absolute Gasteiger partial charge is 0.339 e. The zero-order valence-electron chi connectivity index (χ0n) is 13.1. The summed E-state index contributed by atoms with van der Waals surface area (Å²) in [5.74, 6) is -0.883. The van der Waals surface area contributed by atoms with Crippen molar-refractivity contribution in [1.82, 2.24) is 0 Å². The first kappa shape index (κ1) is 18.0. The Hall–Kier alpha value is -2.30. The fourth-order valence-corrected chi connectivity index (χ4v) is 2.37. The second kappa shape index (κ2) is 7.99. The molecule has 1 amide bonds. The van der Waals surface area contributed by atoms with Crippen LogP contribution in [0.4, 0.5) is 5.69 Å². The average Bonchev–Trinajstić information content (AvgIpc) is 2.57. The molecule has 0 fully saturated rings. The molecule has 2 aromatic carbocycles. The van der Waals surface area contributed by atoms with Crippen LogP contribution in [0.1, 0.15) is 22.8 Å². The van der Waals surface area contributed by atoms with Crippen LogP contribution in [0.2, 0.25) is 10.0 Å². The van der Waals surface area contributed by atoms with Gasteiger partial charge in [-0.2, -0.15) is 0 Å². The van der Waals surface area contributed by atoms with Crippen molar-refractivity contribution < 1.29 is 14.3 Å². The number of rotatable bonds is 4. The lowest BCUT2D eigenvalue weighted by Gasteiger charge is -2.09. The van der Waals surface area contributed by atoms with E-state index in [0.29, 0.717) is 21.3 Å². The standard InChI is InChI=1S/C18H15Cl2NO3/c1-11(12-7-8-14(19)15(20)10-12)9-17(22)21-16-6-4-3-5-13(16)18(23)24-2/h3-10H,1-2H3,(H,21,22)/b11-9-. The van der Waals surface area contributed by atoms with Gasteiger partial charge < -0.3 is 10.1 Å². The molecule has 0 aromatic heterocycles. The zero-order valence-corrected chi connectivity index (χ0v) is 14.6. The number of methoxy groups -OCH3 is 1. The van der Waals surface area contributed by atoms with E-state index in [4.69, 9.17) is 27.9 Å². The van der Waals surface area contributed by atoms with Gasteiger partial charge in [-0.05, 0) is 42.3 Å². The number of halogens is 2. The van der Waals surface area contributed by atoms with Crippen LogP contribution < -0.4 is 5.32 Å². The normalized spacial score (nSPS) is 11.1. The number of allylic oxidation sites excluding steroid dienone is 1. The highest BCUT2D eigenvalue weighted by molar-refractivity contribution is 6.42. The third-order valence-electron chi connectivity index (χ3n) is 3.31. The molecule has 24 heavy (non-hydrogen) atoms. The maximum absolute atomic E-state index is 12.2. The van der Waals surface area contributed by atoms with Crippen molar-refractivity contribution in [1.29, 1.82) is 0 Å². The number of anilines is 1. The van der Waals surface area contributed by atoms with Gasteiger partial charge in [0.15, 0.2) is 0 Å². The molecule has 6 heteroatoms. The number of esters is 1. The van der Waals surface area contributed by atoms with E-state index in [2.05, 4.69) is 5.32 Å². The van der Waals surface area contributed by atoms with E-state index >= 15 is 0 Å². The minimum atomic E-state index is -0.518. The van der Waals surface area contributed by atoms with Crippen LogP contribution in [-0.4, -0.2) is 19.0 Å². The van der Waals surface area contributed by atoms with Crippen molar-refractivity contribution in [3.63, 3.8) is 0 Å². The first-order chi connectivity index (χ1) is 11.4. The first-order valence-electron chi connectivity index (χ1n) is 7.04. The summed E-state index contributed by atoms with van der Waals surface area (Å²) >= 11 is 11.9. The third kappa shape index (κ3) is 4.37. The van der Waals surface area contributed by atoms with Crippen LogP contribution in [0.5, 0.6) is 0 Å². The van der Waals surface area contributed by atoms with Crippen LogP contribution in [0, 0.1) is 0 Å². The summed E-state index contributed by atoms with van der Waals surface area (Å²) in [5.41, 5.74) is 2.16. The predicted octanol–water partition coefficient (Wildman–Crippen LogP) is 4.82. The largest absolute Gasteiger partial charge is 0.465 e. The van der Waals surface area contributed by atoms with Crippen LogP contribution in [0.3, 0.4) is 0 Å². The second-order valence-corrected chi connectivity index (χ2v) is 5.80. The van der Waals surface area contributed by atoms with Gasteiger partial charge in [-0.25, -0.2) is 4.79 Å². The molecule has 4 nitrogen and oxygen atoms in total. The van der Waals surface area contributed by atoms with Crippen molar-refractivity contribution in [3.8, 4) is 0 Å². The number of para-hydroxylation sites is 1. The van der Waals surface area contributed by atoms with E-state index in [9.17, 15) is 9.59 Å². The lowest BCUT2D eigenvalue weighted by molar-refractivity contribution is -0.111. The van der Waals surface area contributed by atoms with Gasteiger partial charge in [0.1, 0.15) is 0 Å². The van der Waals surface area contributed by atoms with E-state index < -0.39 is 5.97 Å². The molecule has 2 aromatic rings. The highest BCUT2D eigenvalue weighted by atomic mass is 35.5. The first-order valence-corrected chi connectivity index (χ1v) is 7.80. The van der Waals surface area contributed by atoms with Crippen molar-refractivity contribution in [2.45, 2.75) is 6.92 Å². The van der Waals surface area contributed by atoms with Crippen molar-refractivity contribution in [3.05, 3.63) is 69.7 Å². The van der Waals surface area contributed by atoms with Crippen LogP contribution in [0.15, 0.2) is 48.5 Å². The fraction of sp³-hybridized carbons (Fsp3) is 0.111. The SMILES string of the molecule is COC(=O)c1ccccc1NC(=O)/C=C(/C)c1ccc(Cl)c(Cl)c1. The predicted molar refractivity (Wildman–Crippen MR) is 96.5 cm³/mol. The molecule has 2 rings (SSSR count). The Morgan fingerprint density at radius 3 is 2.46 bits per heavy atom. The Morgan fingerprint density at radius 1 is 1.08 bits per heavy atom. The third-order valence-corrected chi connectivity index (χ3v) is 4.05. The monoisotopic (exact) mass is 363 g/mol. The molecule has 0 bridgehead atoms. The molecule has 0 saturated heterocycles. The van der Waals surface area contributed by atoms with Crippen LogP contribution in [0.25, 0.3) is 5.57 Å². The zero-order chi connectivity index (χ0) is 17.7. The lowest BCUT2D eigenvalue weighted by atomic mass is 10.1. The minimum absolute atomic E-state index is 0.286. The molecule has 0 saturated carbocycles. The van der Waals surface area contributed by atoms with E-state index in [-0.39, 0.29) is 11.5 Å². The topological polar surface area (TPSA) is 55.4 Å². The highest BCUT2D eigenvalue weighted by Gasteiger charge is 2.12. The maximum atomic E-state index is 12.2. The van der Waals surface area contributed by atoms with Crippen molar-refractivity contribution in [2.24, 2.45) is 0 Å². The quantitative estimate of drug-likeness (QED) is 0.625. The van der Waals surface area contributed by atoms with E-state index in [1.54, 1.807) is 49.4 Å². The molecular weight excluding hydrogens is 349 g/mol. The average molecular weight is 364 g/mol. The maximum Gasteiger partial charge on any atom is 0.339 e. The van der Waals surface area contributed by atoms with Gasteiger partial charge in [0.05, 0.1) is 28.4 Å². The highest BCUT2D eigenvalue weighted by Crippen LogP contribution is 2.26. The van der Waals surface area contributed by atoms with Gasteiger partial charge in [-0.3, -0.25) is 4.79 Å². The molecule has 0 aliphatic rings. The number of amides is 1. The number of nitrogens with one attached hydrogen (secondary N) is 1. The number of hydrogen-bond acceptors (Lipinski definition) is 3.